The molecule has 0 aliphatic carbocycles. The zero-order chi connectivity index (χ0) is 27.2. The maximum Gasteiger partial charge on any atom is 0.118 e. The van der Waals surface area contributed by atoms with Gasteiger partial charge in [0.05, 0.1) is 64.5 Å². The predicted molar refractivity (Wildman–Crippen MR) is 127 cm³/mol. The third-order valence-electron chi connectivity index (χ3n) is 3.75. The molecule has 1 aromatic carbocycles. The molecule has 0 aliphatic rings. The predicted octanol–water partition coefficient (Wildman–Crippen LogP) is -3.53. The van der Waals surface area contributed by atoms with E-state index in [9.17, 15) is 19.8 Å². The second-order valence-corrected chi connectivity index (χ2v) is 6.65. The monoisotopic (exact) mass is 504 g/mol. The van der Waals surface area contributed by atoms with Gasteiger partial charge in [-0.05, 0) is 18.6 Å². The molecule has 1 rings (SSSR count). The van der Waals surface area contributed by atoms with Crippen LogP contribution < -0.4 is 20.8 Å². The number of aliphatic carboxylic acids is 2. The number of methoxy groups -OCH3 is 4. The molecule has 0 bridgehead atoms. The van der Waals surface area contributed by atoms with Gasteiger partial charge in [0.25, 0.3) is 0 Å². The summed E-state index contributed by atoms with van der Waals surface area (Å²) in [5.41, 5.74) is 0.340. The fourth-order valence-electron chi connectivity index (χ4n) is 2.00. The second kappa shape index (κ2) is 31.6. The number of hydrogen-bond acceptors (Lipinski definition) is 9. The van der Waals surface area contributed by atoms with E-state index in [1.165, 1.54) is 18.2 Å². The Morgan fingerprint density at radius 3 is 1.43 bits per heavy atom. The summed E-state index contributed by atoms with van der Waals surface area (Å²) in [6, 6.07) is 8.11. The Labute approximate surface area is 209 Å². The molecule has 0 fully saturated rings. The summed E-state index contributed by atoms with van der Waals surface area (Å²) in [5.74, 6) is -2.62. The fraction of sp³-hybridized carbons (Fsp3) is 0.583. The number of carboxylic acid groups (broad SMARTS) is 2. The summed E-state index contributed by atoms with van der Waals surface area (Å²) in [4.78, 5) is 19.5. The zero-order valence-electron chi connectivity index (χ0n) is 21.6. The first-order valence-electron chi connectivity index (χ1n) is 11.2. The number of nitrogens with two attached hydrogens (primary N) is 2. The lowest BCUT2D eigenvalue weighted by Gasteiger charge is -2.10. The van der Waals surface area contributed by atoms with E-state index in [1.807, 2.05) is 0 Å². The molecular formula is C24H44N2O9. The van der Waals surface area contributed by atoms with Crippen LogP contribution in [-0.2, 0) is 28.5 Å². The number of carbonyl (C=O) groups is 2. The van der Waals surface area contributed by atoms with Gasteiger partial charge in [-0.25, -0.2) is 0 Å². The molecule has 11 nitrogen and oxygen atoms in total. The molecule has 1 aromatic rings. The van der Waals surface area contributed by atoms with E-state index in [4.69, 9.17) is 24.1 Å². The Kier molecular flexibility index (Phi) is 33.6. The first-order valence-corrected chi connectivity index (χ1v) is 11.2. The van der Waals surface area contributed by atoms with Crippen molar-refractivity contribution >= 4 is 11.9 Å². The highest BCUT2D eigenvalue weighted by Crippen LogP contribution is 2.09. The maximum absolute atomic E-state index is 10.1. The number of aliphatic hydroxyl groups excluding tert-OH is 1. The summed E-state index contributed by atoms with van der Waals surface area (Å²) in [7, 11) is 6.85. The molecule has 35 heavy (non-hydrogen) atoms. The summed E-state index contributed by atoms with van der Waals surface area (Å²) in [6.07, 6.45) is 0.867. The molecule has 1 unspecified atom stereocenters. The van der Waals surface area contributed by atoms with Crippen LogP contribution in [0.1, 0.15) is 18.6 Å². The Morgan fingerprint density at radius 1 is 0.829 bits per heavy atom. The van der Waals surface area contributed by atoms with Crippen molar-refractivity contribution < 1.29 is 54.5 Å². The highest BCUT2D eigenvalue weighted by Gasteiger charge is 2.05. The lowest BCUT2D eigenvalue weighted by molar-refractivity contribution is -0.657. The standard InChI is InChI=1S/C8H8O3.2C6H15NO2.C4H6O2/c9-7(8(10)11)6-4-2-1-3-5-6;2*1-8-5-3-7-4-6-9-2;1-2-3-4(5)6/h1-5,7,9H,(H,10,11);2*7H,3-6H2,1-2H3;2-3H,1H3,(H,5,6)/b;;;3-2+. The van der Waals surface area contributed by atoms with Gasteiger partial charge in [0, 0.05) is 28.4 Å². The normalized spacial score (nSPS) is 10.7. The van der Waals surface area contributed by atoms with Crippen molar-refractivity contribution in [3.05, 3.63) is 48.0 Å². The van der Waals surface area contributed by atoms with Gasteiger partial charge >= 0.3 is 0 Å². The van der Waals surface area contributed by atoms with E-state index in [0.29, 0.717) is 5.56 Å². The third-order valence-corrected chi connectivity index (χ3v) is 3.75. The second-order valence-electron chi connectivity index (χ2n) is 6.65. The minimum atomic E-state index is -1.52. The van der Waals surface area contributed by atoms with Crippen molar-refractivity contribution in [2.24, 2.45) is 0 Å². The number of ether oxygens (including phenoxy) is 4. The summed E-state index contributed by atoms with van der Waals surface area (Å²) in [6.45, 7) is 9.02. The minimum absolute atomic E-state index is 0.340. The van der Waals surface area contributed by atoms with Crippen LogP contribution in [0, 0.1) is 0 Å². The zero-order valence-corrected chi connectivity index (χ0v) is 21.6. The van der Waals surface area contributed by atoms with Crippen molar-refractivity contribution in [3.8, 4) is 0 Å². The van der Waals surface area contributed by atoms with Gasteiger partial charge in [-0.3, -0.25) is 0 Å². The maximum atomic E-state index is 10.1. The molecule has 0 radical (unpaired) electrons. The molecule has 0 aliphatic heterocycles. The first kappa shape index (κ1) is 37.2. The van der Waals surface area contributed by atoms with Crippen molar-refractivity contribution in [2.45, 2.75) is 13.0 Å². The number of hydrogen-bond donors (Lipinski definition) is 3. The summed E-state index contributed by atoms with van der Waals surface area (Å²) in [5, 5.41) is 32.8. The van der Waals surface area contributed by atoms with Crippen molar-refractivity contribution in [1.29, 1.82) is 0 Å². The van der Waals surface area contributed by atoms with Gasteiger partial charge < -0.3 is 54.5 Å². The molecule has 1 atom stereocenters. The van der Waals surface area contributed by atoms with E-state index in [2.05, 4.69) is 10.6 Å². The van der Waals surface area contributed by atoms with Crippen LogP contribution in [0.4, 0.5) is 0 Å². The smallest absolute Gasteiger partial charge is 0.118 e. The van der Waals surface area contributed by atoms with Crippen LogP contribution in [0.25, 0.3) is 0 Å². The number of rotatable bonds is 15. The lowest BCUT2D eigenvalue weighted by Crippen LogP contribution is -2.86. The molecule has 0 saturated heterocycles. The van der Waals surface area contributed by atoms with Gasteiger partial charge in [-0.2, -0.15) is 0 Å². The molecule has 0 saturated carbocycles. The van der Waals surface area contributed by atoms with Crippen LogP contribution in [0.3, 0.4) is 0 Å². The number of carbonyl (C=O) groups excluding carboxylic acids is 2. The average Bonchev–Trinajstić information content (AvgIpc) is 2.85. The Hall–Kier alpha value is -2.38. The van der Waals surface area contributed by atoms with E-state index in [0.717, 1.165) is 58.7 Å². The van der Waals surface area contributed by atoms with Crippen LogP contribution in [-0.4, -0.2) is 98.1 Å². The molecule has 0 spiro atoms. The summed E-state index contributed by atoms with van der Waals surface area (Å²) >= 11 is 0. The van der Waals surface area contributed by atoms with Gasteiger partial charge in [0.15, 0.2) is 0 Å². The lowest BCUT2D eigenvalue weighted by atomic mass is 10.1. The van der Waals surface area contributed by atoms with E-state index in [1.54, 1.807) is 53.6 Å². The highest BCUT2D eigenvalue weighted by molar-refractivity contribution is 5.77. The van der Waals surface area contributed by atoms with Crippen LogP contribution in [0.15, 0.2) is 42.5 Å². The highest BCUT2D eigenvalue weighted by atomic mass is 16.5. The van der Waals surface area contributed by atoms with E-state index in [-0.39, 0.29) is 0 Å². The van der Waals surface area contributed by atoms with Crippen LogP contribution in [0.2, 0.25) is 0 Å². The average molecular weight is 505 g/mol. The number of quaternary nitrogens is 2. The largest absolute Gasteiger partial charge is 0.547 e. The number of benzene rings is 1. The van der Waals surface area contributed by atoms with E-state index >= 15 is 0 Å². The number of aliphatic hydroxyl groups is 1. The van der Waals surface area contributed by atoms with Crippen molar-refractivity contribution in [2.75, 3.05) is 81.0 Å². The van der Waals surface area contributed by atoms with Gasteiger partial charge in [0.1, 0.15) is 6.10 Å². The Bertz CT molecular complexity index is 576. The summed E-state index contributed by atoms with van der Waals surface area (Å²) < 4.78 is 19.4. The molecule has 204 valence electrons. The molecule has 0 amide bonds. The van der Waals surface area contributed by atoms with E-state index < -0.39 is 18.0 Å². The molecular weight excluding hydrogens is 460 g/mol. The van der Waals surface area contributed by atoms with Gasteiger partial charge in [-0.15, -0.1) is 0 Å². The minimum Gasteiger partial charge on any atom is -0.547 e. The van der Waals surface area contributed by atoms with Gasteiger partial charge in [0.2, 0.25) is 0 Å². The quantitative estimate of drug-likeness (QED) is 0.162. The van der Waals surface area contributed by atoms with Gasteiger partial charge in [-0.1, -0.05) is 36.4 Å². The SMILES string of the molecule is C/C=C/C(=O)[O-].COCC[NH2+]CCOC.COCC[NH2+]CCOC.O=C([O-])C(O)c1ccccc1. The topological polar surface area (TPSA) is 171 Å². The number of allylic oxidation sites excluding steroid dienone is 1. The van der Waals surface area contributed by atoms with Crippen LogP contribution >= 0.6 is 0 Å². The first-order chi connectivity index (χ1) is 16.8. The fourth-order valence-corrected chi connectivity index (χ4v) is 2.00. The molecule has 11 heteroatoms. The molecule has 0 aromatic heterocycles. The van der Waals surface area contributed by atoms with Crippen molar-refractivity contribution in [3.63, 3.8) is 0 Å². The van der Waals surface area contributed by atoms with Crippen molar-refractivity contribution in [1.82, 2.24) is 0 Å². The molecule has 5 N–H and O–H groups in total. The van der Waals surface area contributed by atoms with Crippen LogP contribution in [0.5, 0.6) is 0 Å². The third kappa shape index (κ3) is 33.9. The Balaban J connectivity index is -0.000000399. The number of carboxylic acids is 2. The Morgan fingerprint density at radius 2 is 1.20 bits per heavy atom. The molecule has 0 heterocycles.